The lowest BCUT2D eigenvalue weighted by molar-refractivity contribution is -0.115. The molecule has 0 saturated carbocycles. The number of nitrogens with one attached hydrogen (secondary N) is 1. The maximum Gasteiger partial charge on any atom is 0.273 e. The number of carbonyl (C=O) groups is 1. The van der Waals surface area contributed by atoms with Crippen molar-refractivity contribution in [3.8, 4) is 23.1 Å². The molecule has 0 fully saturated rings. The lowest BCUT2D eigenvalue weighted by Crippen LogP contribution is -2.33. The van der Waals surface area contributed by atoms with Crippen molar-refractivity contribution in [2.24, 2.45) is 0 Å². The molecule has 6 nitrogen and oxygen atoms in total. The van der Waals surface area contributed by atoms with Crippen LogP contribution in [0.5, 0.6) is 0 Å². The monoisotopic (exact) mass is 503 g/mol. The van der Waals surface area contributed by atoms with Gasteiger partial charge >= 0.3 is 0 Å². The molecule has 0 atom stereocenters. The van der Waals surface area contributed by atoms with Crippen LogP contribution in [0.15, 0.2) is 112 Å². The van der Waals surface area contributed by atoms with Gasteiger partial charge in [-0.05, 0) is 29.8 Å². The maximum atomic E-state index is 13.5. The number of benzene rings is 3. The van der Waals surface area contributed by atoms with Crippen LogP contribution in [0, 0.1) is 11.3 Å². The Bertz CT molecular complexity index is 1760. The summed E-state index contributed by atoms with van der Waals surface area (Å²) in [6.45, 7) is 0.263. The number of aromatic nitrogens is 1. The number of nitrogens with zero attached hydrogens (tertiary/aromatic N) is 2. The number of hydrogen-bond donors (Lipinski definition) is 1. The minimum Gasteiger partial charge on any atom is -0.457 e. The van der Waals surface area contributed by atoms with Gasteiger partial charge in [0.25, 0.3) is 11.5 Å². The summed E-state index contributed by atoms with van der Waals surface area (Å²) in [5.74, 6) is 0.626. The molecule has 0 spiro atoms. The van der Waals surface area contributed by atoms with Crippen LogP contribution in [-0.2, 0) is 11.3 Å². The average molecular weight is 504 g/mol. The molecule has 1 amide bonds. The van der Waals surface area contributed by atoms with E-state index in [9.17, 15) is 14.9 Å². The molecule has 0 radical (unpaired) electrons. The van der Waals surface area contributed by atoms with E-state index < -0.39 is 5.91 Å². The summed E-state index contributed by atoms with van der Waals surface area (Å²) >= 11 is 1.08. The number of thiazole rings is 1. The van der Waals surface area contributed by atoms with Gasteiger partial charge in [-0.25, -0.2) is 0 Å². The van der Waals surface area contributed by atoms with Gasteiger partial charge in [-0.1, -0.05) is 78.9 Å². The molecule has 0 aliphatic carbocycles. The summed E-state index contributed by atoms with van der Waals surface area (Å²) in [6.07, 6.45) is 1.64. The molecule has 7 heteroatoms. The van der Waals surface area contributed by atoms with E-state index in [0.717, 1.165) is 22.5 Å². The zero-order valence-corrected chi connectivity index (χ0v) is 20.4. The van der Waals surface area contributed by atoms with E-state index in [2.05, 4.69) is 5.32 Å². The molecule has 5 aromatic rings. The molecule has 0 aliphatic rings. The summed E-state index contributed by atoms with van der Waals surface area (Å²) < 4.78 is 7.96. The van der Waals surface area contributed by atoms with E-state index in [1.165, 1.54) is 4.57 Å². The van der Waals surface area contributed by atoms with Crippen molar-refractivity contribution >= 4 is 28.9 Å². The minimum absolute atomic E-state index is 0.133. The predicted octanol–water partition coefficient (Wildman–Crippen LogP) is 3.98. The first-order valence-corrected chi connectivity index (χ1v) is 12.4. The second-order valence-corrected chi connectivity index (χ2v) is 9.15. The van der Waals surface area contributed by atoms with Crippen molar-refractivity contribution in [2.75, 3.05) is 0 Å². The fraction of sp³-hybridized carbons (Fsp3) is 0.0333. The summed E-state index contributed by atoms with van der Waals surface area (Å²) in [5, 5.41) is 12.7. The van der Waals surface area contributed by atoms with Crippen LogP contribution >= 0.6 is 11.3 Å². The number of furan rings is 1. The van der Waals surface area contributed by atoms with E-state index in [1.54, 1.807) is 36.4 Å². The summed E-state index contributed by atoms with van der Waals surface area (Å²) in [7, 11) is 0. The lowest BCUT2D eigenvalue weighted by atomic mass is 10.2. The Labute approximate surface area is 216 Å². The standard InChI is InChI=1S/C30H21N3O3S/c31-19-25(28(34)32-20-21-10-4-1-5-11-21)30-33(23-14-8-3-9-15-23)29(35)27(37-30)18-24-16-17-26(36-24)22-12-6-2-7-13-22/h1-18H,20H2,(H,32,34). The molecule has 0 unspecified atom stereocenters. The van der Waals surface area contributed by atoms with Gasteiger partial charge in [0, 0.05) is 18.2 Å². The average Bonchev–Trinajstić information content (AvgIpc) is 3.54. The molecule has 1 N–H and O–H groups in total. The maximum absolute atomic E-state index is 13.5. The number of amides is 1. The zero-order chi connectivity index (χ0) is 25.6. The van der Waals surface area contributed by atoms with Gasteiger partial charge in [0.2, 0.25) is 0 Å². The molecule has 2 heterocycles. The van der Waals surface area contributed by atoms with Crippen molar-refractivity contribution in [3.63, 3.8) is 0 Å². The molecule has 2 aromatic heterocycles. The van der Waals surface area contributed by atoms with Crippen molar-refractivity contribution in [1.82, 2.24) is 9.88 Å². The van der Waals surface area contributed by atoms with Crippen molar-refractivity contribution < 1.29 is 9.21 Å². The Morgan fingerprint density at radius 2 is 1.57 bits per heavy atom. The molecular formula is C30H21N3O3S. The van der Waals surface area contributed by atoms with Crippen LogP contribution in [0.25, 0.3) is 28.7 Å². The van der Waals surface area contributed by atoms with E-state index in [0.29, 0.717) is 21.7 Å². The van der Waals surface area contributed by atoms with Gasteiger partial charge in [0.15, 0.2) is 5.57 Å². The Morgan fingerprint density at radius 3 is 2.24 bits per heavy atom. The number of para-hydroxylation sites is 1. The summed E-state index contributed by atoms with van der Waals surface area (Å²) in [6, 6.07) is 33.7. The van der Waals surface area contributed by atoms with Crippen molar-refractivity contribution in [1.29, 1.82) is 5.26 Å². The van der Waals surface area contributed by atoms with Crippen LogP contribution < -0.4 is 20.1 Å². The van der Waals surface area contributed by atoms with Gasteiger partial charge < -0.3 is 9.73 Å². The number of carbonyl (C=O) groups excluding carboxylic acids is 1. The van der Waals surface area contributed by atoms with Gasteiger partial charge in [-0.3, -0.25) is 14.2 Å². The first-order valence-electron chi connectivity index (χ1n) is 11.5. The van der Waals surface area contributed by atoms with Crippen LogP contribution in [-0.4, -0.2) is 10.5 Å². The normalized spacial score (nSPS) is 12.1. The Kier molecular flexibility index (Phi) is 6.93. The molecule has 0 bridgehead atoms. The van der Waals surface area contributed by atoms with Gasteiger partial charge in [-0.15, -0.1) is 11.3 Å². The summed E-state index contributed by atoms with van der Waals surface area (Å²) in [5.41, 5.74) is 1.91. The predicted molar refractivity (Wildman–Crippen MR) is 144 cm³/mol. The van der Waals surface area contributed by atoms with Crippen LogP contribution in [0.4, 0.5) is 0 Å². The minimum atomic E-state index is -0.548. The highest BCUT2D eigenvalue weighted by molar-refractivity contribution is 7.07. The molecule has 37 heavy (non-hydrogen) atoms. The molecule has 0 saturated heterocycles. The van der Waals surface area contributed by atoms with Gasteiger partial charge in [0.05, 0.1) is 10.2 Å². The quantitative estimate of drug-likeness (QED) is 0.380. The third-order valence-corrected chi connectivity index (χ3v) is 6.74. The SMILES string of the molecule is N#CC(C(=O)NCc1ccccc1)=c1sc(=Cc2ccc(-c3ccccc3)o2)c(=O)n1-c1ccccc1. The van der Waals surface area contributed by atoms with Crippen LogP contribution in [0.3, 0.4) is 0 Å². The second-order valence-electron chi connectivity index (χ2n) is 8.12. The number of hydrogen-bond acceptors (Lipinski definition) is 5. The number of nitriles is 1. The van der Waals surface area contributed by atoms with Gasteiger partial charge in [-0.2, -0.15) is 5.26 Å². The van der Waals surface area contributed by atoms with E-state index in [4.69, 9.17) is 4.42 Å². The largest absolute Gasteiger partial charge is 0.457 e. The highest BCUT2D eigenvalue weighted by Crippen LogP contribution is 2.22. The van der Waals surface area contributed by atoms with Crippen molar-refractivity contribution in [3.05, 3.63) is 134 Å². The zero-order valence-electron chi connectivity index (χ0n) is 19.6. The Morgan fingerprint density at radius 1 is 0.919 bits per heavy atom. The van der Waals surface area contributed by atoms with E-state index >= 15 is 0 Å². The summed E-state index contributed by atoms with van der Waals surface area (Å²) in [4.78, 5) is 26.6. The highest BCUT2D eigenvalue weighted by Gasteiger charge is 2.17. The highest BCUT2D eigenvalue weighted by atomic mass is 32.1. The number of rotatable bonds is 6. The van der Waals surface area contributed by atoms with Gasteiger partial charge in [0.1, 0.15) is 22.3 Å². The molecular weight excluding hydrogens is 482 g/mol. The van der Waals surface area contributed by atoms with Crippen LogP contribution in [0.1, 0.15) is 11.3 Å². The third kappa shape index (κ3) is 5.20. The van der Waals surface area contributed by atoms with Crippen LogP contribution in [0.2, 0.25) is 0 Å². The molecule has 0 aliphatic heterocycles. The molecule has 5 rings (SSSR count). The van der Waals surface area contributed by atoms with E-state index in [1.807, 2.05) is 78.9 Å². The second kappa shape index (κ2) is 10.8. The Balaban J connectivity index is 1.61. The van der Waals surface area contributed by atoms with Crippen molar-refractivity contribution in [2.45, 2.75) is 6.54 Å². The Hall–Kier alpha value is -4.93. The lowest BCUT2D eigenvalue weighted by Gasteiger charge is -2.06. The fourth-order valence-electron chi connectivity index (χ4n) is 3.84. The first kappa shape index (κ1) is 23.8. The van der Waals surface area contributed by atoms with E-state index in [-0.39, 0.29) is 22.3 Å². The fourth-order valence-corrected chi connectivity index (χ4v) is 4.92. The molecule has 3 aromatic carbocycles. The first-order chi connectivity index (χ1) is 18.1. The smallest absolute Gasteiger partial charge is 0.273 e. The molecule has 180 valence electrons. The topological polar surface area (TPSA) is 88.0 Å². The third-order valence-electron chi connectivity index (χ3n) is 5.65.